The second-order valence-corrected chi connectivity index (χ2v) is 9.70. The summed E-state index contributed by atoms with van der Waals surface area (Å²) in [6.07, 6.45) is 2.12. The van der Waals surface area contributed by atoms with Crippen LogP contribution in [0.2, 0.25) is 0 Å². The molecule has 1 heterocycles. The van der Waals surface area contributed by atoms with Crippen molar-refractivity contribution < 1.29 is 17.9 Å². The third-order valence-corrected chi connectivity index (χ3v) is 7.14. The van der Waals surface area contributed by atoms with Crippen LogP contribution in [0, 0.1) is 6.92 Å². The minimum Gasteiger partial charge on any atom is -0.492 e. The van der Waals surface area contributed by atoms with Crippen molar-refractivity contribution in [1.29, 1.82) is 0 Å². The fourth-order valence-electron chi connectivity index (χ4n) is 3.68. The Labute approximate surface area is 199 Å². The molecule has 1 aromatic heterocycles. The Hall–Kier alpha value is -3.78. The van der Waals surface area contributed by atoms with E-state index in [-0.39, 0.29) is 10.9 Å². The number of carbonyl (C=O) groups excluding carboxylic acids is 1. The van der Waals surface area contributed by atoms with E-state index in [1.54, 1.807) is 48.7 Å². The summed E-state index contributed by atoms with van der Waals surface area (Å²) in [5.74, 6) is 0.612. The van der Waals surface area contributed by atoms with Crippen LogP contribution in [0.3, 0.4) is 0 Å². The summed E-state index contributed by atoms with van der Waals surface area (Å²) < 4.78 is 33.2. The summed E-state index contributed by atoms with van der Waals surface area (Å²) in [5.41, 5.74) is 3.12. The number of rotatable bonds is 8. The molecule has 0 saturated carbocycles. The van der Waals surface area contributed by atoms with Crippen LogP contribution in [0.1, 0.15) is 18.1 Å². The van der Waals surface area contributed by atoms with Gasteiger partial charge in [-0.05, 0) is 62.2 Å². The van der Waals surface area contributed by atoms with Gasteiger partial charge in [0.25, 0.3) is 10.0 Å². The lowest BCUT2D eigenvalue weighted by Crippen LogP contribution is -2.30. The average molecular weight is 478 g/mol. The fraction of sp³-hybridized carbons (Fsp3) is 0.192. The normalized spacial score (nSPS) is 11.4. The third kappa shape index (κ3) is 5.07. The highest BCUT2D eigenvalue weighted by Gasteiger charge is 2.19. The van der Waals surface area contributed by atoms with Gasteiger partial charge in [-0.25, -0.2) is 17.2 Å². The molecule has 0 unspecified atom stereocenters. The van der Waals surface area contributed by atoms with E-state index in [2.05, 4.69) is 10.6 Å². The summed E-state index contributed by atoms with van der Waals surface area (Å²) in [4.78, 5) is 12.6. The van der Waals surface area contributed by atoms with Gasteiger partial charge in [0.15, 0.2) is 0 Å². The molecule has 3 aromatic carbocycles. The molecule has 0 aliphatic heterocycles. The lowest BCUT2D eigenvalue weighted by atomic mass is 10.1. The van der Waals surface area contributed by atoms with E-state index in [0.717, 1.165) is 16.5 Å². The van der Waals surface area contributed by atoms with E-state index >= 15 is 0 Å². The summed E-state index contributed by atoms with van der Waals surface area (Å²) in [6, 6.07) is 21.2. The molecule has 0 saturated heterocycles. The first-order chi connectivity index (χ1) is 16.4. The van der Waals surface area contributed by atoms with E-state index in [9.17, 15) is 13.2 Å². The molecule has 4 aromatic rings. The molecular weight excluding hydrogens is 450 g/mol. The van der Waals surface area contributed by atoms with E-state index < -0.39 is 10.0 Å². The van der Waals surface area contributed by atoms with Crippen molar-refractivity contribution in [2.24, 2.45) is 0 Å². The van der Waals surface area contributed by atoms with Crippen LogP contribution in [-0.2, 0) is 16.4 Å². The maximum atomic E-state index is 13.2. The fourth-order valence-corrected chi connectivity index (χ4v) is 5.02. The van der Waals surface area contributed by atoms with Crippen LogP contribution < -0.4 is 15.4 Å². The molecule has 0 spiro atoms. The summed E-state index contributed by atoms with van der Waals surface area (Å²) in [5, 5.41) is 6.47. The third-order valence-electron chi connectivity index (χ3n) is 5.43. The Morgan fingerprint density at radius 3 is 2.53 bits per heavy atom. The highest BCUT2D eigenvalue weighted by Crippen LogP contribution is 2.25. The Bertz CT molecular complexity index is 1410. The van der Waals surface area contributed by atoms with Gasteiger partial charge in [0.2, 0.25) is 0 Å². The lowest BCUT2D eigenvalue weighted by molar-refractivity contribution is 0.252. The number of aromatic nitrogens is 1. The number of amides is 2. The van der Waals surface area contributed by atoms with Crippen molar-refractivity contribution in [2.75, 3.05) is 18.5 Å². The molecule has 0 radical (unpaired) electrons. The van der Waals surface area contributed by atoms with Gasteiger partial charge in [-0.2, -0.15) is 0 Å². The van der Waals surface area contributed by atoms with Gasteiger partial charge in [-0.15, -0.1) is 0 Å². The molecule has 7 nitrogen and oxygen atoms in total. The van der Waals surface area contributed by atoms with Crippen LogP contribution >= 0.6 is 0 Å². The van der Waals surface area contributed by atoms with Crippen molar-refractivity contribution in [3.63, 3.8) is 0 Å². The topological polar surface area (TPSA) is 89.4 Å². The highest BCUT2D eigenvalue weighted by molar-refractivity contribution is 7.90. The first-order valence-corrected chi connectivity index (χ1v) is 12.5. The summed E-state index contributed by atoms with van der Waals surface area (Å²) >= 11 is 0. The molecule has 8 heteroatoms. The van der Waals surface area contributed by atoms with Gasteiger partial charge < -0.3 is 15.4 Å². The van der Waals surface area contributed by atoms with Gasteiger partial charge in [-0.1, -0.05) is 42.0 Å². The molecule has 0 aliphatic rings. The minimum absolute atomic E-state index is 0.242. The lowest BCUT2D eigenvalue weighted by Gasteiger charge is -2.12. The molecule has 2 amide bonds. The second-order valence-electron chi connectivity index (χ2n) is 7.88. The number of nitrogens with one attached hydrogen (secondary N) is 2. The number of benzene rings is 3. The Balaban J connectivity index is 1.45. The summed E-state index contributed by atoms with van der Waals surface area (Å²) in [7, 11) is -3.71. The van der Waals surface area contributed by atoms with E-state index in [4.69, 9.17) is 4.74 Å². The standard InChI is InChI=1S/C26H27N3O4S/c1-3-33-25-7-5-4-6-23(25)28-26(30)27-16-14-20-10-11-21-15-17-29(24(21)18-20)34(31,32)22-12-8-19(2)9-13-22/h4-13,15,17-18H,3,14,16H2,1-2H3,(H2,27,28,30). The van der Waals surface area contributed by atoms with Crippen LogP contribution in [-0.4, -0.2) is 31.6 Å². The number of hydrogen-bond donors (Lipinski definition) is 2. The molecular formula is C26H27N3O4S. The van der Waals surface area contributed by atoms with Crippen LogP contribution in [0.5, 0.6) is 5.75 Å². The molecule has 2 N–H and O–H groups in total. The minimum atomic E-state index is -3.71. The number of fused-ring (bicyclic) bond motifs is 1. The molecule has 0 fully saturated rings. The van der Waals surface area contributed by atoms with Gasteiger partial charge in [0, 0.05) is 18.1 Å². The maximum absolute atomic E-state index is 13.2. The van der Waals surface area contributed by atoms with Gasteiger partial charge in [0.1, 0.15) is 5.75 Å². The number of hydrogen-bond acceptors (Lipinski definition) is 4. The Kier molecular flexibility index (Phi) is 6.88. The number of nitrogens with zero attached hydrogens (tertiary/aromatic N) is 1. The number of aryl methyl sites for hydroxylation is 1. The van der Waals surface area contributed by atoms with E-state index in [1.165, 1.54) is 3.97 Å². The molecule has 0 bridgehead atoms. The van der Waals surface area contributed by atoms with Gasteiger partial charge in [-0.3, -0.25) is 0 Å². The van der Waals surface area contributed by atoms with E-state index in [1.807, 2.05) is 44.2 Å². The average Bonchev–Trinajstić information content (AvgIpc) is 3.25. The molecule has 34 heavy (non-hydrogen) atoms. The predicted molar refractivity (Wildman–Crippen MR) is 134 cm³/mol. The molecule has 4 rings (SSSR count). The van der Waals surface area contributed by atoms with Gasteiger partial charge in [0.05, 0.1) is 22.7 Å². The zero-order valence-electron chi connectivity index (χ0n) is 19.1. The Morgan fingerprint density at radius 1 is 1.00 bits per heavy atom. The number of anilines is 1. The van der Waals surface area contributed by atoms with Crippen molar-refractivity contribution >= 4 is 32.6 Å². The van der Waals surface area contributed by atoms with Crippen LogP contribution in [0.4, 0.5) is 10.5 Å². The van der Waals surface area contributed by atoms with Crippen molar-refractivity contribution in [2.45, 2.75) is 25.2 Å². The number of para-hydroxylation sites is 2. The predicted octanol–water partition coefficient (Wildman–Crippen LogP) is 4.95. The first-order valence-electron chi connectivity index (χ1n) is 11.1. The van der Waals surface area contributed by atoms with Crippen molar-refractivity contribution in [3.05, 3.63) is 90.1 Å². The van der Waals surface area contributed by atoms with Crippen molar-refractivity contribution in [1.82, 2.24) is 9.29 Å². The summed E-state index contributed by atoms with van der Waals surface area (Å²) in [6.45, 7) is 4.69. The smallest absolute Gasteiger partial charge is 0.319 e. The number of urea groups is 1. The highest BCUT2D eigenvalue weighted by atomic mass is 32.2. The molecule has 0 aliphatic carbocycles. The monoisotopic (exact) mass is 477 g/mol. The largest absolute Gasteiger partial charge is 0.492 e. The molecule has 0 atom stereocenters. The SMILES string of the molecule is CCOc1ccccc1NC(=O)NCCc1ccc2ccn(S(=O)(=O)c3ccc(C)cc3)c2c1. The quantitative estimate of drug-likeness (QED) is 0.376. The first kappa shape index (κ1) is 23.4. The number of carbonyl (C=O) groups is 1. The zero-order valence-corrected chi connectivity index (χ0v) is 19.9. The maximum Gasteiger partial charge on any atom is 0.319 e. The van der Waals surface area contributed by atoms with Crippen molar-refractivity contribution in [3.8, 4) is 5.75 Å². The zero-order chi connectivity index (χ0) is 24.1. The second kappa shape index (κ2) is 10.0. The number of ether oxygens (including phenoxy) is 1. The van der Waals surface area contributed by atoms with Crippen LogP contribution in [0.25, 0.3) is 10.9 Å². The Morgan fingerprint density at radius 2 is 1.76 bits per heavy atom. The van der Waals surface area contributed by atoms with Crippen LogP contribution in [0.15, 0.2) is 83.9 Å². The molecule has 176 valence electrons. The van der Waals surface area contributed by atoms with Gasteiger partial charge >= 0.3 is 6.03 Å². The van der Waals surface area contributed by atoms with E-state index in [0.29, 0.717) is 36.5 Å².